The lowest BCUT2D eigenvalue weighted by molar-refractivity contribution is -0.131. The van der Waals surface area contributed by atoms with Crippen molar-refractivity contribution in [1.82, 2.24) is 15.5 Å². The number of nitrogens with zero attached hydrogens (tertiary/aromatic N) is 1. The third-order valence-corrected chi connectivity index (χ3v) is 5.12. The van der Waals surface area contributed by atoms with E-state index in [1.54, 1.807) is 0 Å². The van der Waals surface area contributed by atoms with Crippen LogP contribution in [0.4, 0.5) is 0 Å². The highest BCUT2D eigenvalue weighted by Crippen LogP contribution is 2.30. The molecule has 0 radical (unpaired) electrons. The average molecular weight is 281 g/mol. The second-order valence-corrected chi connectivity index (χ2v) is 6.50. The third kappa shape index (κ3) is 3.73. The van der Waals surface area contributed by atoms with Gasteiger partial charge >= 0.3 is 0 Å². The number of amides is 1. The average Bonchev–Trinajstić information content (AvgIpc) is 3.00. The Morgan fingerprint density at radius 1 is 1.30 bits per heavy atom. The standard InChI is InChI=1S/C16H31N3O/c1-4-19(3)16(20)12(2)18-15-9-6-5-8-13(15)14-10-7-11-17-14/h12-15,17-18H,4-11H2,1-3H3. The van der Waals surface area contributed by atoms with E-state index in [1.165, 1.54) is 45.1 Å². The molecule has 20 heavy (non-hydrogen) atoms. The predicted molar refractivity (Wildman–Crippen MR) is 82.7 cm³/mol. The topological polar surface area (TPSA) is 44.4 Å². The third-order valence-electron chi connectivity index (χ3n) is 5.12. The Morgan fingerprint density at radius 2 is 2.05 bits per heavy atom. The molecule has 2 N–H and O–H groups in total. The summed E-state index contributed by atoms with van der Waals surface area (Å²) in [5, 5.41) is 7.29. The summed E-state index contributed by atoms with van der Waals surface area (Å²) in [6, 6.07) is 1.11. The van der Waals surface area contributed by atoms with Crippen molar-refractivity contribution in [1.29, 1.82) is 0 Å². The van der Waals surface area contributed by atoms with E-state index in [4.69, 9.17) is 0 Å². The molecule has 116 valence electrons. The van der Waals surface area contributed by atoms with E-state index in [2.05, 4.69) is 10.6 Å². The molecule has 1 saturated heterocycles. The van der Waals surface area contributed by atoms with Gasteiger partial charge in [0.1, 0.15) is 0 Å². The van der Waals surface area contributed by atoms with Crippen LogP contribution in [-0.2, 0) is 4.79 Å². The second kappa shape index (κ2) is 7.41. The first-order valence-electron chi connectivity index (χ1n) is 8.38. The van der Waals surface area contributed by atoms with Gasteiger partial charge in [0.15, 0.2) is 0 Å². The zero-order valence-corrected chi connectivity index (χ0v) is 13.3. The molecule has 0 bridgehead atoms. The molecular formula is C16H31N3O. The molecule has 2 fully saturated rings. The molecule has 0 aromatic heterocycles. The molecule has 4 heteroatoms. The van der Waals surface area contributed by atoms with Gasteiger partial charge in [0.25, 0.3) is 0 Å². The van der Waals surface area contributed by atoms with Gasteiger partial charge in [-0.05, 0) is 52.0 Å². The number of carbonyl (C=O) groups is 1. The van der Waals surface area contributed by atoms with Gasteiger partial charge < -0.3 is 15.5 Å². The van der Waals surface area contributed by atoms with Crippen molar-refractivity contribution in [3.63, 3.8) is 0 Å². The highest BCUT2D eigenvalue weighted by Gasteiger charge is 2.34. The Balaban J connectivity index is 1.92. The summed E-state index contributed by atoms with van der Waals surface area (Å²) in [5.74, 6) is 0.921. The number of hydrogen-bond donors (Lipinski definition) is 2. The van der Waals surface area contributed by atoms with Crippen LogP contribution in [0.3, 0.4) is 0 Å². The van der Waals surface area contributed by atoms with Gasteiger partial charge in [0, 0.05) is 25.7 Å². The first-order valence-corrected chi connectivity index (χ1v) is 8.38. The Labute approximate surface area is 123 Å². The van der Waals surface area contributed by atoms with Gasteiger partial charge in [-0.1, -0.05) is 12.8 Å². The molecule has 4 nitrogen and oxygen atoms in total. The maximum atomic E-state index is 12.2. The summed E-state index contributed by atoms with van der Waals surface area (Å²) >= 11 is 0. The minimum absolute atomic E-state index is 0.0630. The zero-order valence-electron chi connectivity index (χ0n) is 13.3. The molecule has 0 aromatic rings. The molecule has 1 saturated carbocycles. The summed E-state index contributed by atoms with van der Waals surface area (Å²) in [4.78, 5) is 14.0. The fraction of sp³-hybridized carbons (Fsp3) is 0.938. The lowest BCUT2D eigenvalue weighted by atomic mass is 9.79. The zero-order chi connectivity index (χ0) is 14.5. The van der Waals surface area contributed by atoms with E-state index < -0.39 is 0 Å². The number of carbonyl (C=O) groups excluding carboxylic acids is 1. The lowest BCUT2D eigenvalue weighted by Crippen LogP contribution is -2.53. The van der Waals surface area contributed by atoms with Gasteiger partial charge in [-0.25, -0.2) is 0 Å². The van der Waals surface area contributed by atoms with Crippen molar-refractivity contribution in [2.75, 3.05) is 20.1 Å². The molecule has 0 spiro atoms. The van der Waals surface area contributed by atoms with E-state index in [0.29, 0.717) is 18.0 Å². The van der Waals surface area contributed by atoms with Gasteiger partial charge in [0.2, 0.25) is 5.91 Å². The van der Waals surface area contributed by atoms with Gasteiger partial charge in [-0.15, -0.1) is 0 Å². The SMILES string of the molecule is CCN(C)C(=O)C(C)NC1CCCCC1C1CCCN1. The summed E-state index contributed by atoms with van der Waals surface area (Å²) < 4.78 is 0. The van der Waals surface area contributed by atoms with Crippen LogP contribution >= 0.6 is 0 Å². The Kier molecular flexibility index (Phi) is 5.85. The van der Waals surface area contributed by atoms with Crippen LogP contribution in [0, 0.1) is 5.92 Å². The lowest BCUT2D eigenvalue weighted by Gasteiger charge is -2.38. The maximum Gasteiger partial charge on any atom is 0.239 e. The normalized spacial score (nSPS) is 32.0. The second-order valence-electron chi connectivity index (χ2n) is 6.50. The van der Waals surface area contributed by atoms with Gasteiger partial charge in [-0.3, -0.25) is 4.79 Å². The van der Waals surface area contributed by atoms with Crippen LogP contribution in [-0.4, -0.2) is 49.1 Å². The van der Waals surface area contributed by atoms with Crippen LogP contribution in [0.2, 0.25) is 0 Å². The van der Waals surface area contributed by atoms with Crippen LogP contribution < -0.4 is 10.6 Å². The monoisotopic (exact) mass is 281 g/mol. The highest BCUT2D eigenvalue weighted by molar-refractivity contribution is 5.81. The largest absolute Gasteiger partial charge is 0.345 e. The highest BCUT2D eigenvalue weighted by atomic mass is 16.2. The molecule has 4 unspecified atom stereocenters. The van der Waals surface area contributed by atoms with Crippen LogP contribution in [0.1, 0.15) is 52.4 Å². The Morgan fingerprint density at radius 3 is 2.70 bits per heavy atom. The van der Waals surface area contributed by atoms with E-state index >= 15 is 0 Å². The number of rotatable bonds is 5. The number of likely N-dealkylation sites (N-methyl/N-ethyl adjacent to an activating group) is 1. The molecule has 0 aromatic carbocycles. The summed E-state index contributed by atoms with van der Waals surface area (Å²) in [6.07, 6.45) is 7.78. The Hall–Kier alpha value is -0.610. The summed E-state index contributed by atoms with van der Waals surface area (Å²) in [7, 11) is 1.89. The van der Waals surface area contributed by atoms with Crippen molar-refractivity contribution < 1.29 is 4.79 Å². The molecule has 1 amide bonds. The van der Waals surface area contributed by atoms with Crippen molar-refractivity contribution in [3.8, 4) is 0 Å². The summed E-state index contributed by atoms with van der Waals surface area (Å²) in [6.45, 7) is 5.99. The molecule has 1 heterocycles. The van der Waals surface area contributed by atoms with Crippen LogP contribution in [0.25, 0.3) is 0 Å². The molecule has 1 aliphatic carbocycles. The smallest absolute Gasteiger partial charge is 0.239 e. The first-order chi connectivity index (χ1) is 9.63. The van der Waals surface area contributed by atoms with E-state index in [-0.39, 0.29) is 11.9 Å². The predicted octanol–water partition coefficient (Wildman–Crippen LogP) is 1.75. The molecule has 2 aliphatic rings. The minimum Gasteiger partial charge on any atom is -0.345 e. The maximum absolute atomic E-state index is 12.2. The van der Waals surface area contributed by atoms with E-state index in [9.17, 15) is 4.79 Å². The van der Waals surface area contributed by atoms with Crippen molar-refractivity contribution in [2.45, 2.75) is 70.5 Å². The number of nitrogens with one attached hydrogen (secondary N) is 2. The van der Waals surface area contributed by atoms with Crippen molar-refractivity contribution in [3.05, 3.63) is 0 Å². The fourth-order valence-electron chi connectivity index (χ4n) is 3.80. The summed E-state index contributed by atoms with van der Waals surface area (Å²) in [5.41, 5.74) is 0. The van der Waals surface area contributed by atoms with E-state index in [0.717, 1.165) is 6.54 Å². The fourth-order valence-corrected chi connectivity index (χ4v) is 3.80. The Bertz CT molecular complexity index is 315. The number of hydrogen-bond acceptors (Lipinski definition) is 3. The van der Waals surface area contributed by atoms with Crippen LogP contribution in [0.5, 0.6) is 0 Å². The molecule has 1 aliphatic heterocycles. The minimum atomic E-state index is -0.0630. The van der Waals surface area contributed by atoms with E-state index in [1.807, 2.05) is 25.8 Å². The van der Waals surface area contributed by atoms with Crippen LogP contribution in [0.15, 0.2) is 0 Å². The molecular weight excluding hydrogens is 250 g/mol. The van der Waals surface area contributed by atoms with Crippen molar-refractivity contribution in [2.24, 2.45) is 5.92 Å². The van der Waals surface area contributed by atoms with Gasteiger partial charge in [0.05, 0.1) is 6.04 Å². The first kappa shape index (κ1) is 15.8. The quantitative estimate of drug-likeness (QED) is 0.807. The van der Waals surface area contributed by atoms with Crippen molar-refractivity contribution >= 4 is 5.91 Å². The molecule has 2 rings (SSSR count). The van der Waals surface area contributed by atoms with Gasteiger partial charge in [-0.2, -0.15) is 0 Å². The molecule has 4 atom stereocenters.